The Morgan fingerprint density at radius 2 is 2.24 bits per heavy atom. The molecular weight excluding hydrogens is 222 g/mol. The molecule has 0 aromatic heterocycles. The lowest BCUT2D eigenvalue weighted by Crippen LogP contribution is -2.41. The third kappa shape index (κ3) is 4.13. The van der Waals surface area contributed by atoms with Crippen LogP contribution in [0.5, 0.6) is 0 Å². The number of ether oxygens (including phenoxy) is 1. The van der Waals surface area contributed by atoms with E-state index in [0.717, 1.165) is 12.8 Å². The number of carbonyl (C=O) groups excluding carboxylic acids is 1. The van der Waals surface area contributed by atoms with Crippen molar-refractivity contribution in [1.29, 1.82) is 0 Å². The van der Waals surface area contributed by atoms with Crippen molar-refractivity contribution in [2.24, 2.45) is 10.9 Å². The van der Waals surface area contributed by atoms with Crippen LogP contribution in [0.4, 0.5) is 4.79 Å². The fourth-order valence-electron chi connectivity index (χ4n) is 1.89. The van der Waals surface area contributed by atoms with Crippen molar-refractivity contribution in [1.82, 2.24) is 4.90 Å². The molecule has 98 valence electrons. The van der Waals surface area contributed by atoms with Gasteiger partial charge in [0.25, 0.3) is 0 Å². The molecule has 6 heteroatoms. The lowest BCUT2D eigenvalue weighted by Gasteiger charge is -2.28. The first-order valence-corrected chi connectivity index (χ1v) is 5.79. The van der Waals surface area contributed by atoms with Crippen LogP contribution in [0.1, 0.15) is 40.0 Å². The van der Waals surface area contributed by atoms with Crippen LogP contribution in [0.25, 0.3) is 0 Å². The van der Waals surface area contributed by atoms with E-state index in [1.165, 1.54) is 0 Å². The highest BCUT2D eigenvalue weighted by atomic mass is 16.6. The largest absolute Gasteiger partial charge is 0.444 e. The average Bonchev–Trinajstić information content (AvgIpc) is 2.63. The van der Waals surface area contributed by atoms with Crippen LogP contribution in [0, 0.1) is 0 Å². The summed E-state index contributed by atoms with van der Waals surface area (Å²) in [5, 5.41) is 11.5. The number of amidine groups is 1. The van der Waals surface area contributed by atoms with Gasteiger partial charge in [0.15, 0.2) is 0 Å². The zero-order valence-electron chi connectivity index (χ0n) is 10.6. The second kappa shape index (κ2) is 5.25. The smallest absolute Gasteiger partial charge is 0.410 e. The number of carbonyl (C=O) groups is 1. The highest BCUT2D eigenvalue weighted by Crippen LogP contribution is 2.22. The minimum Gasteiger partial charge on any atom is -0.444 e. The standard InChI is InChI=1S/C11H21N3O3/c1-11(2,3)17-10(15)14-6-4-5-8(14)7-9(12)13-16/h8,16H,4-7H2,1-3H3,(H2,12,13). The van der Waals surface area contributed by atoms with Crippen molar-refractivity contribution in [3.05, 3.63) is 0 Å². The molecule has 17 heavy (non-hydrogen) atoms. The predicted molar refractivity (Wildman–Crippen MR) is 64.0 cm³/mol. The quantitative estimate of drug-likeness (QED) is 0.333. The molecule has 1 heterocycles. The first kappa shape index (κ1) is 13.6. The van der Waals surface area contributed by atoms with Gasteiger partial charge in [0.2, 0.25) is 0 Å². The number of nitrogens with zero attached hydrogens (tertiary/aromatic N) is 2. The fourth-order valence-corrected chi connectivity index (χ4v) is 1.89. The molecule has 0 aromatic rings. The highest BCUT2D eigenvalue weighted by Gasteiger charge is 2.32. The van der Waals surface area contributed by atoms with Gasteiger partial charge in [0.05, 0.1) is 0 Å². The van der Waals surface area contributed by atoms with Gasteiger partial charge in [0.1, 0.15) is 11.4 Å². The summed E-state index contributed by atoms with van der Waals surface area (Å²) in [4.78, 5) is 13.6. The first-order chi connectivity index (χ1) is 7.83. The van der Waals surface area contributed by atoms with Crippen molar-refractivity contribution in [3.63, 3.8) is 0 Å². The van der Waals surface area contributed by atoms with Crippen molar-refractivity contribution >= 4 is 11.9 Å². The Bertz CT molecular complexity index is 310. The molecule has 1 aliphatic rings. The Kier molecular flexibility index (Phi) is 4.20. The van der Waals surface area contributed by atoms with E-state index in [4.69, 9.17) is 15.7 Å². The average molecular weight is 243 g/mol. The van der Waals surface area contributed by atoms with E-state index < -0.39 is 5.60 Å². The third-order valence-electron chi connectivity index (χ3n) is 2.58. The van der Waals surface area contributed by atoms with E-state index in [1.807, 2.05) is 20.8 Å². The molecule has 0 spiro atoms. The minimum atomic E-state index is -0.499. The summed E-state index contributed by atoms with van der Waals surface area (Å²) >= 11 is 0. The Balaban J connectivity index is 2.60. The summed E-state index contributed by atoms with van der Waals surface area (Å²) < 4.78 is 5.31. The maximum Gasteiger partial charge on any atom is 0.410 e. The summed E-state index contributed by atoms with van der Waals surface area (Å²) in [7, 11) is 0. The molecule has 0 aromatic carbocycles. The van der Waals surface area contributed by atoms with Gasteiger partial charge >= 0.3 is 6.09 Å². The summed E-state index contributed by atoms with van der Waals surface area (Å²) in [5.74, 6) is 0.144. The molecule has 3 N–H and O–H groups in total. The van der Waals surface area contributed by atoms with Gasteiger partial charge < -0.3 is 20.6 Å². The normalized spacial score (nSPS) is 21.7. The monoisotopic (exact) mass is 243 g/mol. The Hall–Kier alpha value is -1.46. The van der Waals surface area contributed by atoms with E-state index >= 15 is 0 Å². The lowest BCUT2D eigenvalue weighted by molar-refractivity contribution is 0.0231. The highest BCUT2D eigenvalue weighted by molar-refractivity contribution is 5.81. The molecule has 1 atom stereocenters. The zero-order valence-corrected chi connectivity index (χ0v) is 10.6. The van der Waals surface area contributed by atoms with Crippen molar-refractivity contribution in [3.8, 4) is 0 Å². The van der Waals surface area contributed by atoms with Gasteiger partial charge in [0, 0.05) is 19.0 Å². The van der Waals surface area contributed by atoms with Crippen molar-refractivity contribution in [2.45, 2.75) is 51.7 Å². The number of hydrogen-bond acceptors (Lipinski definition) is 4. The third-order valence-corrected chi connectivity index (χ3v) is 2.58. The van der Waals surface area contributed by atoms with E-state index in [-0.39, 0.29) is 18.0 Å². The van der Waals surface area contributed by atoms with E-state index in [1.54, 1.807) is 4.90 Å². The van der Waals surface area contributed by atoms with Crippen LogP contribution < -0.4 is 5.73 Å². The van der Waals surface area contributed by atoms with Crippen LogP contribution >= 0.6 is 0 Å². The molecule has 1 rings (SSSR count). The molecule has 1 saturated heterocycles. The Morgan fingerprint density at radius 3 is 2.76 bits per heavy atom. The van der Waals surface area contributed by atoms with E-state index in [2.05, 4.69) is 5.16 Å². The molecule has 0 radical (unpaired) electrons. The Labute approximate surface area is 101 Å². The number of oxime groups is 1. The van der Waals surface area contributed by atoms with Crippen LogP contribution in [-0.2, 0) is 4.74 Å². The molecular formula is C11H21N3O3. The summed E-state index contributed by atoms with van der Waals surface area (Å²) in [6, 6.07) is -0.0271. The molecule has 1 fully saturated rings. The van der Waals surface area contributed by atoms with Gasteiger partial charge in [-0.2, -0.15) is 0 Å². The molecule has 1 aliphatic heterocycles. The second-order valence-corrected chi connectivity index (χ2v) is 5.27. The summed E-state index contributed by atoms with van der Waals surface area (Å²) in [6.45, 7) is 6.16. The van der Waals surface area contributed by atoms with Gasteiger partial charge in [-0.25, -0.2) is 4.79 Å². The maximum absolute atomic E-state index is 11.9. The number of amides is 1. The Morgan fingerprint density at radius 1 is 1.59 bits per heavy atom. The van der Waals surface area contributed by atoms with Gasteiger partial charge in [-0.05, 0) is 33.6 Å². The molecule has 1 amide bonds. The van der Waals surface area contributed by atoms with Crippen LogP contribution in [-0.4, -0.2) is 40.2 Å². The van der Waals surface area contributed by atoms with Crippen LogP contribution in [0.2, 0.25) is 0 Å². The number of likely N-dealkylation sites (tertiary alicyclic amines) is 1. The topological polar surface area (TPSA) is 88.2 Å². The zero-order chi connectivity index (χ0) is 13.1. The van der Waals surface area contributed by atoms with E-state index in [0.29, 0.717) is 13.0 Å². The molecule has 6 nitrogen and oxygen atoms in total. The maximum atomic E-state index is 11.9. The molecule has 0 bridgehead atoms. The number of hydrogen-bond donors (Lipinski definition) is 2. The molecule has 0 aliphatic carbocycles. The number of nitrogens with two attached hydrogens (primary N) is 1. The van der Waals surface area contributed by atoms with Crippen molar-refractivity contribution in [2.75, 3.05) is 6.54 Å². The molecule has 0 saturated carbocycles. The summed E-state index contributed by atoms with van der Waals surface area (Å²) in [6.07, 6.45) is 1.83. The molecule has 1 unspecified atom stereocenters. The van der Waals surface area contributed by atoms with Crippen LogP contribution in [0.15, 0.2) is 5.16 Å². The predicted octanol–water partition coefficient (Wildman–Crippen LogP) is 1.52. The second-order valence-electron chi connectivity index (χ2n) is 5.27. The van der Waals surface area contributed by atoms with Gasteiger partial charge in [-0.3, -0.25) is 0 Å². The minimum absolute atomic E-state index is 0.0271. The van der Waals surface area contributed by atoms with E-state index in [9.17, 15) is 4.79 Å². The number of rotatable bonds is 2. The van der Waals surface area contributed by atoms with Crippen LogP contribution in [0.3, 0.4) is 0 Å². The van der Waals surface area contributed by atoms with Crippen molar-refractivity contribution < 1.29 is 14.7 Å². The SMILES string of the molecule is CC(C)(C)OC(=O)N1CCCC1C/C(N)=N\O. The first-order valence-electron chi connectivity index (χ1n) is 5.79. The van der Waals surface area contributed by atoms with Gasteiger partial charge in [-0.15, -0.1) is 0 Å². The fraction of sp³-hybridized carbons (Fsp3) is 0.818. The summed E-state index contributed by atoms with van der Waals surface area (Å²) in [5.41, 5.74) is 4.96. The lowest BCUT2D eigenvalue weighted by atomic mass is 10.1. The van der Waals surface area contributed by atoms with Gasteiger partial charge in [-0.1, -0.05) is 5.16 Å².